The molecule has 0 atom stereocenters. The van der Waals surface area contributed by atoms with E-state index in [1.165, 1.54) is 48.1 Å². The van der Waals surface area contributed by atoms with Crippen molar-refractivity contribution in [2.75, 3.05) is 63.9 Å². The van der Waals surface area contributed by atoms with Gasteiger partial charge < -0.3 is 20.1 Å². The highest BCUT2D eigenvalue weighted by Crippen LogP contribution is 2.32. The number of nitrogens with zero attached hydrogens (tertiary/aromatic N) is 3. The molecule has 0 spiro atoms. The van der Waals surface area contributed by atoms with E-state index >= 15 is 0 Å². The summed E-state index contributed by atoms with van der Waals surface area (Å²) >= 11 is 0. The predicted molar refractivity (Wildman–Crippen MR) is 130 cm³/mol. The SMILES string of the molecule is c1ccc(N2CCN(CNCCN3CCC(c4c[nH]c5ccccc45)CC3)CC2)cc1. The number of aromatic amines is 1. The molecule has 0 unspecified atom stereocenters. The maximum Gasteiger partial charge on any atom is 0.0482 e. The van der Waals surface area contributed by atoms with Crippen LogP contribution in [0.15, 0.2) is 60.8 Å². The van der Waals surface area contributed by atoms with E-state index in [1.807, 2.05) is 0 Å². The molecule has 0 saturated carbocycles. The highest BCUT2D eigenvalue weighted by Gasteiger charge is 2.22. The van der Waals surface area contributed by atoms with Crippen molar-refractivity contribution in [2.24, 2.45) is 0 Å². The number of benzene rings is 2. The summed E-state index contributed by atoms with van der Waals surface area (Å²) < 4.78 is 0. The first-order valence-corrected chi connectivity index (χ1v) is 11.9. The molecule has 164 valence electrons. The Labute approximate surface area is 186 Å². The summed E-state index contributed by atoms with van der Waals surface area (Å²) in [4.78, 5) is 11.1. The van der Waals surface area contributed by atoms with Gasteiger partial charge in [0.2, 0.25) is 0 Å². The van der Waals surface area contributed by atoms with Gasteiger partial charge in [0.1, 0.15) is 0 Å². The number of hydrogen-bond acceptors (Lipinski definition) is 4. The number of piperazine rings is 1. The molecule has 2 N–H and O–H groups in total. The van der Waals surface area contributed by atoms with Gasteiger partial charge in [0, 0.05) is 68.7 Å². The van der Waals surface area contributed by atoms with Gasteiger partial charge in [0.15, 0.2) is 0 Å². The minimum atomic E-state index is 0.696. The van der Waals surface area contributed by atoms with Crippen LogP contribution in [0, 0.1) is 0 Å². The van der Waals surface area contributed by atoms with Crippen LogP contribution in [0.5, 0.6) is 0 Å². The molecule has 1 aromatic heterocycles. The third-order valence-electron chi connectivity index (χ3n) is 7.08. The Kier molecular flexibility index (Phi) is 6.54. The zero-order valence-electron chi connectivity index (χ0n) is 18.5. The van der Waals surface area contributed by atoms with E-state index in [-0.39, 0.29) is 0 Å². The molecule has 0 amide bonds. The number of nitrogens with one attached hydrogen (secondary N) is 2. The number of fused-ring (bicyclic) bond motifs is 1. The van der Waals surface area contributed by atoms with E-state index in [9.17, 15) is 0 Å². The molecule has 0 bridgehead atoms. The maximum atomic E-state index is 3.68. The Bertz CT molecular complexity index is 937. The molecule has 2 aliphatic heterocycles. The fourth-order valence-corrected chi connectivity index (χ4v) is 5.18. The minimum absolute atomic E-state index is 0.696. The van der Waals surface area contributed by atoms with Crippen molar-refractivity contribution >= 4 is 16.6 Å². The van der Waals surface area contributed by atoms with E-state index in [4.69, 9.17) is 0 Å². The van der Waals surface area contributed by atoms with Crippen molar-refractivity contribution in [1.29, 1.82) is 0 Å². The quantitative estimate of drug-likeness (QED) is 0.575. The fourth-order valence-electron chi connectivity index (χ4n) is 5.18. The lowest BCUT2D eigenvalue weighted by molar-refractivity contribution is 0.198. The maximum absolute atomic E-state index is 3.68. The first-order valence-electron chi connectivity index (χ1n) is 11.9. The van der Waals surface area contributed by atoms with Crippen molar-refractivity contribution in [3.63, 3.8) is 0 Å². The number of hydrogen-bond donors (Lipinski definition) is 2. The van der Waals surface area contributed by atoms with E-state index in [1.54, 1.807) is 0 Å². The molecule has 2 aliphatic rings. The van der Waals surface area contributed by atoms with Gasteiger partial charge >= 0.3 is 0 Å². The molecule has 31 heavy (non-hydrogen) atoms. The molecule has 3 heterocycles. The van der Waals surface area contributed by atoms with Crippen LogP contribution in [0.25, 0.3) is 10.9 Å². The van der Waals surface area contributed by atoms with Crippen LogP contribution in [0.2, 0.25) is 0 Å². The second kappa shape index (κ2) is 9.86. The van der Waals surface area contributed by atoms with E-state index in [0.717, 1.165) is 45.9 Å². The summed E-state index contributed by atoms with van der Waals surface area (Å²) in [6.07, 6.45) is 4.77. The van der Waals surface area contributed by atoms with E-state index < -0.39 is 0 Å². The molecule has 2 fully saturated rings. The summed E-state index contributed by atoms with van der Waals surface area (Å²) in [6.45, 7) is 10.2. The van der Waals surface area contributed by atoms with Gasteiger partial charge in [-0.2, -0.15) is 0 Å². The van der Waals surface area contributed by atoms with Crippen LogP contribution in [0.3, 0.4) is 0 Å². The molecule has 0 aliphatic carbocycles. The average Bonchev–Trinajstić information content (AvgIpc) is 3.27. The molecule has 5 rings (SSSR count). The number of aromatic nitrogens is 1. The van der Waals surface area contributed by atoms with Gasteiger partial charge in [0.05, 0.1) is 0 Å². The molecular formula is C26H35N5. The van der Waals surface area contributed by atoms with Gasteiger partial charge in [-0.15, -0.1) is 0 Å². The van der Waals surface area contributed by atoms with Gasteiger partial charge in [-0.1, -0.05) is 36.4 Å². The summed E-state index contributed by atoms with van der Waals surface area (Å²) in [5, 5.41) is 5.09. The van der Waals surface area contributed by atoms with E-state index in [2.05, 4.69) is 85.8 Å². The number of piperidine rings is 1. The molecule has 0 radical (unpaired) electrons. The normalized spacial score (nSPS) is 19.3. The van der Waals surface area contributed by atoms with Gasteiger partial charge in [-0.25, -0.2) is 0 Å². The number of para-hydroxylation sites is 2. The summed E-state index contributed by atoms with van der Waals surface area (Å²) in [5.41, 5.74) is 4.14. The summed E-state index contributed by atoms with van der Waals surface area (Å²) in [7, 11) is 0. The topological polar surface area (TPSA) is 37.5 Å². The number of rotatable bonds is 7. The Balaban J connectivity index is 0.992. The third kappa shape index (κ3) is 4.95. The van der Waals surface area contributed by atoms with Gasteiger partial charge in [-0.3, -0.25) is 4.90 Å². The molecule has 2 aromatic carbocycles. The largest absolute Gasteiger partial charge is 0.369 e. The summed E-state index contributed by atoms with van der Waals surface area (Å²) in [6, 6.07) is 19.5. The summed E-state index contributed by atoms with van der Waals surface area (Å²) in [5.74, 6) is 0.696. The molecule has 5 nitrogen and oxygen atoms in total. The Morgan fingerprint density at radius 3 is 2.35 bits per heavy atom. The molecule has 2 saturated heterocycles. The first kappa shape index (κ1) is 20.6. The van der Waals surface area contributed by atoms with Crippen molar-refractivity contribution in [2.45, 2.75) is 18.8 Å². The number of H-pyrrole nitrogens is 1. The Morgan fingerprint density at radius 1 is 0.806 bits per heavy atom. The van der Waals surface area contributed by atoms with Crippen LogP contribution in [0.4, 0.5) is 5.69 Å². The predicted octanol–water partition coefficient (Wildman–Crippen LogP) is 3.72. The lowest BCUT2D eigenvalue weighted by Crippen LogP contribution is -2.50. The zero-order chi connectivity index (χ0) is 20.9. The lowest BCUT2D eigenvalue weighted by atomic mass is 9.89. The lowest BCUT2D eigenvalue weighted by Gasteiger charge is -2.36. The van der Waals surface area contributed by atoms with Crippen LogP contribution >= 0.6 is 0 Å². The zero-order valence-corrected chi connectivity index (χ0v) is 18.5. The molecular weight excluding hydrogens is 382 g/mol. The van der Waals surface area contributed by atoms with Gasteiger partial charge in [-0.05, 0) is 55.6 Å². The molecule has 5 heteroatoms. The Hall–Kier alpha value is -2.34. The van der Waals surface area contributed by atoms with Crippen LogP contribution in [0.1, 0.15) is 24.3 Å². The van der Waals surface area contributed by atoms with Crippen molar-refractivity contribution in [3.05, 3.63) is 66.4 Å². The first-order chi connectivity index (χ1) is 15.4. The van der Waals surface area contributed by atoms with Crippen LogP contribution in [-0.4, -0.2) is 73.8 Å². The highest BCUT2D eigenvalue weighted by atomic mass is 15.3. The third-order valence-corrected chi connectivity index (χ3v) is 7.08. The van der Waals surface area contributed by atoms with Crippen molar-refractivity contribution in [1.82, 2.24) is 20.1 Å². The molecule has 3 aromatic rings. The number of likely N-dealkylation sites (tertiary alicyclic amines) is 1. The standard InChI is InChI=1S/C26H35N5/c1-2-6-23(7-3-1)31-18-16-30(17-19-31)21-27-12-15-29-13-10-22(11-14-29)25-20-28-26-9-5-4-8-24(25)26/h1-9,20,22,27-28H,10-19,21H2. The highest BCUT2D eigenvalue weighted by molar-refractivity contribution is 5.83. The smallest absolute Gasteiger partial charge is 0.0482 e. The van der Waals surface area contributed by atoms with Crippen molar-refractivity contribution in [3.8, 4) is 0 Å². The van der Waals surface area contributed by atoms with Crippen molar-refractivity contribution < 1.29 is 0 Å². The van der Waals surface area contributed by atoms with Gasteiger partial charge in [0.25, 0.3) is 0 Å². The number of anilines is 1. The second-order valence-corrected chi connectivity index (χ2v) is 9.00. The Morgan fingerprint density at radius 2 is 1.55 bits per heavy atom. The van der Waals surface area contributed by atoms with Crippen LogP contribution in [-0.2, 0) is 0 Å². The monoisotopic (exact) mass is 417 g/mol. The van der Waals surface area contributed by atoms with Crippen LogP contribution < -0.4 is 10.2 Å². The fraction of sp³-hybridized carbons (Fsp3) is 0.462. The average molecular weight is 418 g/mol. The minimum Gasteiger partial charge on any atom is -0.369 e. The van der Waals surface area contributed by atoms with E-state index in [0.29, 0.717) is 5.92 Å². The second-order valence-electron chi connectivity index (χ2n) is 9.00.